The van der Waals surface area contributed by atoms with Crippen molar-refractivity contribution in [1.29, 1.82) is 0 Å². The Bertz CT molecular complexity index is 710. The molecule has 1 fully saturated rings. The average Bonchev–Trinajstić information content (AvgIpc) is 2.70. The van der Waals surface area contributed by atoms with Gasteiger partial charge < -0.3 is 9.47 Å². The molecule has 0 aromatic heterocycles. The van der Waals surface area contributed by atoms with Crippen LogP contribution < -0.4 is 4.74 Å². The lowest BCUT2D eigenvalue weighted by Gasteiger charge is -2.35. The van der Waals surface area contributed by atoms with Gasteiger partial charge in [-0.2, -0.15) is 0 Å². The number of carbonyl (C=O) groups is 1. The highest BCUT2D eigenvalue weighted by Crippen LogP contribution is 2.14. The molecule has 1 aliphatic heterocycles. The summed E-state index contributed by atoms with van der Waals surface area (Å²) in [6.45, 7) is 8.14. The topological polar surface area (TPSA) is 42.0 Å². The van der Waals surface area contributed by atoms with E-state index in [4.69, 9.17) is 9.47 Å². The van der Waals surface area contributed by atoms with Gasteiger partial charge in [0.25, 0.3) is 0 Å². The molecule has 0 saturated carbocycles. The van der Waals surface area contributed by atoms with Crippen molar-refractivity contribution >= 4 is 5.97 Å². The highest BCUT2D eigenvalue weighted by atomic mass is 16.5. The van der Waals surface area contributed by atoms with Crippen molar-refractivity contribution in [3.8, 4) is 5.75 Å². The van der Waals surface area contributed by atoms with E-state index < -0.39 is 0 Å². The number of rotatable bonds is 7. The molecule has 1 aliphatic rings. The molecule has 1 atom stereocenters. The fourth-order valence-corrected chi connectivity index (χ4v) is 3.38. The third-order valence-electron chi connectivity index (χ3n) is 4.84. The summed E-state index contributed by atoms with van der Waals surface area (Å²) >= 11 is 0. The Hall–Kier alpha value is -2.37. The summed E-state index contributed by atoms with van der Waals surface area (Å²) in [7, 11) is 1.40. The monoisotopic (exact) mass is 368 g/mol. The number of hydrogen-bond donors (Lipinski definition) is 0. The van der Waals surface area contributed by atoms with Gasteiger partial charge in [-0.3, -0.25) is 9.80 Å². The van der Waals surface area contributed by atoms with Crippen LogP contribution in [0.2, 0.25) is 0 Å². The maximum Gasteiger partial charge on any atom is 0.337 e. The number of benzene rings is 2. The SMILES string of the molecule is COC(=O)c1ccc(CN2CCN(CC(C)Oc3ccccc3)CC2)cc1. The zero-order chi connectivity index (χ0) is 19.1. The van der Waals surface area contributed by atoms with Crippen molar-refractivity contribution in [3.05, 3.63) is 65.7 Å². The van der Waals surface area contributed by atoms with Crippen molar-refractivity contribution in [3.63, 3.8) is 0 Å². The maximum atomic E-state index is 11.5. The van der Waals surface area contributed by atoms with Crippen LogP contribution in [0.1, 0.15) is 22.8 Å². The Morgan fingerprint density at radius 3 is 2.22 bits per heavy atom. The van der Waals surface area contributed by atoms with Crippen LogP contribution in [0.5, 0.6) is 5.75 Å². The number of ether oxygens (including phenoxy) is 2. The molecule has 27 heavy (non-hydrogen) atoms. The van der Waals surface area contributed by atoms with Crippen LogP contribution in [0.4, 0.5) is 0 Å². The number of carbonyl (C=O) groups excluding carboxylic acids is 1. The third kappa shape index (κ3) is 5.81. The summed E-state index contributed by atoms with van der Waals surface area (Å²) in [6, 6.07) is 17.7. The van der Waals surface area contributed by atoms with Crippen LogP contribution >= 0.6 is 0 Å². The van der Waals surface area contributed by atoms with Crippen LogP contribution in [-0.2, 0) is 11.3 Å². The van der Waals surface area contributed by atoms with Gasteiger partial charge in [0.1, 0.15) is 11.9 Å². The van der Waals surface area contributed by atoms with Gasteiger partial charge in [-0.05, 0) is 36.8 Å². The summed E-state index contributed by atoms with van der Waals surface area (Å²) in [6.07, 6.45) is 0.171. The van der Waals surface area contributed by atoms with Gasteiger partial charge >= 0.3 is 5.97 Å². The third-order valence-corrected chi connectivity index (χ3v) is 4.84. The molecule has 0 bridgehead atoms. The number of nitrogens with zero attached hydrogens (tertiary/aromatic N) is 2. The van der Waals surface area contributed by atoms with Crippen molar-refractivity contribution < 1.29 is 14.3 Å². The van der Waals surface area contributed by atoms with Crippen LogP contribution in [0, 0.1) is 0 Å². The number of esters is 1. The lowest BCUT2D eigenvalue weighted by molar-refractivity contribution is 0.0600. The zero-order valence-electron chi connectivity index (χ0n) is 16.1. The van der Waals surface area contributed by atoms with E-state index in [1.807, 2.05) is 54.6 Å². The Morgan fingerprint density at radius 1 is 0.963 bits per heavy atom. The van der Waals surface area contributed by atoms with E-state index in [1.54, 1.807) is 0 Å². The molecule has 0 aliphatic carbocycles. The number of para-hydroxylation sites is 1. The fraction of sp³-hybridized carbons (Fsp3) is 0.409. The molecule has 1 unspecified atom stereocenters. The Labute approximate surface area is 161 Å². The first kappa shape index (κ1) is 19.4. The second-order valence-corrected chi connectivity index (χ2v) is 7.01. The second-order valence-electron chi connectivity index (χ2n) is 7.01. The predicted octanol–water partition coefficient (Wildman–Crippen LogP) is 3.06. The van der Waals surface area contributed by atoms with E-state index in [1.165, 1.54) is 12.7 Å². The molecule has 3 rings (SSSR count). The maximum absolute atomic E-state index is 11.5. The summed E-state index contributed by atoms with van der Waals surface area (Å²) < 4.78 is 10.7. The Balaban J connectivity index is 1.41. The van der Waals surface area contributed by atoms with E-state index in [-0.39, 0.29) is 12.1 Å². The number of methoxy groups -OCH3 is 1. The van der Waals surface area contributed by atoms with Gasteiger partial charge in [-0.1, -0.05) is 30.3 Å². The van der Waals surface area contributed by atoms with E-state index >= 15 is 0 Å². The Morgan fingerprint density at radius 2 is 1.59 bits per heavy atom. The highest BCUT2D eigenvalue weighted by molar-refractivity contribution is 5.89. The first-order valence-electron chi connectivity index (χ1n) is 9.47. The van der Waals surface area contributed by atoms with Crippen molar-refractivity contribution in [2.24, 2.45) is 0 Å². The molecule has 5 nitrogen and oxygen atoms in total. The highest BCUT2D eigenvalue weighted by Gasteiger charge is 2.19. The van der Waals surface area contributed by atoms with Crippen molar-refractivity contribution in [1.82, 2.24) is 9.80 Å². The first-order valence-corrected chi connectivity index (χ1v) is 9.47. The van der Waals surface area contributed by atoms with Crippen molar-refractivity contribution in [2.45, 2.75) is 19.6 Å². The molecule has 0 radical (unpaired) electrons. The molecule has 0 N–H and O–H groups in total. The normalized spacial score (nSPS) is 16.7. The van der Waals surface area contributed by atoms with E-state index in [9.17, 15) is 4.79 Å². The quantitative estimate of drug-likeness (QED) is 0.703. The van der Waals surface area contributed by atoms with Crippen LogP contribution in [0.15, 0.2) is 54.6 Å². The molecular formula is C22H28N2O3. The predicted molar refractivity (Wildman–Crippen MR) is 106 cm³/mol. The van der Waals surface area contributed by atoms with E-state index in [2.05, 4.69) is 16.7 Å². The first-order chi connectivity index (χ1) is 13.1. The minimum Gasteiger partial charge on any atom is -0.489 e. The zero-order valence-corrected chi connectivity index (χ0v) is 16.1. The summed E-state index contributed by atoms with van der Waals surface area (Å²) in [5.41, 5.74) is 1.82. The molecule has 2 aromatic carbocycles. The van der Waals surface area contributed by atoms with Gasteiger partial charge in [-0.25, -0.2) is 4.79 Å². The lowest BCUT2D eigenvalue weighted by atomic mass is 10.1. The van der Waals surface area contributed by atoms with Crippen LogP contribution in [-0.4, -0.2) is 61.7 Å². The smallest absolute Gasteiger partial charge is 0.337 e. The van der Waals surface area contributed by atoms with E-state index in [0.717, 1.165) is 45.0 Å². The molecule has 1 heterocycles. The van der Waals surface area contributed by atoms with Crippen molar-refractivity contribution in [2.75, 3.05) is 39.8 Å². The van der Waals surface area contributed by atoms with Crippen LogP contribution in [0.3, 0.4) is 0 Å². The molecule has 5 heteroatoms. The van der Waals surface area contributed by atoms with Gasteiger partial charge in [0, 0.05) is 39.3 Å². The number of hydrogen-bond acceptors (Lipinski definition) is 5. The van der Waals surface area contributed by atoms with Gasteiger partial charge in [-0.15, -0.1) is 0 Å². The molecule has 144 valence electrons. The Kier molecular flexibility index (Phi) is 6.85. The number of piperazine rings is 1. The molecular weight excluding hydrogens is 340 g/mol. The molecule has 0 spiro atoms. The summed E-state index contributed by atoms with van der Waals surface area (Å²) in [5.74, 6) is 0.640. The summed E-state index contributed by atoms with van der Waals surface area (Å²) in [4.78, 5) is 16.4. The fourth-order valence-electron chi connectivity index (χ4n) is 3.38. The second kappa shape index (κ2) is 9.53. The minimum absolute atomic E-state index is 0.171. The van der Waals surface area contributed by atoms with E-state index in [0.29, 0.717) is 5.56 Å². The standard InChI is InChI=1S/C22H28N2O3/c1-18(27-21-6-4-3-5-7-21)16-23-12-14-24(15-13-23)17-19-8-10-20(11-9-19)22(25)26-2/h3-11,18H,12-17H2,1-2H3. The lowest BCUT2D eigenvalue weighted by Crippen LogP contribution is -2.48. The van der Waals surface area contributed by atoms with Gasteiger partial charge in [0.05, 0.1) is 12.7 Å². The van der Waals surface area contributed by atoms with Gasteiger partial charge in [0.2, 0.25) is 0 Å². The summed E-state index contributed by atoms with van der Waals surface area (Å²) in [5, 5.41) is 0. The minimum atomic E-state index is -0.290. The van der Waals surface area contributed by atoms with Gasteiger partial charge in [0.15, 0.2) is 0 Å². The molecule has 0 amide bonds. The molecule has 1 saturated heterocycles. The van der Waals surface area contributed by atoms with Crippen LogP contribution in [0.25, 0.3) is 0 Å². The largest absolute Gasteiger partial charge is 0.489 e. The average molecular weight is 368 g/mol. The molecule has 2 aromatic rings.